The number of imide groups is 2. The molecule has 0 bridgehead atoms. The number of hydrogen-bond acceptors (Lipinski definition) is 4. The van der Waals surface area contributed by atoms with Crippen molar-refractivity contribution in [2.75, 3.05) is 18.0 Å². The van der Waals surface area contributed by atoms with E-state index in [0.29, 0.717) is 16.8 Å². The number of rotatable bonds is 4. The summed E-state index contributed by atoms with van der Waals surface area (Å²) in [5.41, 5.74) is 1.33. The maximum absolute atomic E-state index is 12.8. The van der Waals surface area contributed by atoms with E-state index in [4.69, 9.17) is 0 Å². The number of nitrogens with zero attached hydrogens (tertiary/aromatic N) is 3. The summed E-state index contributed by atoms with van der Waals surface area (Å²) in [6, 6.07) is 14.4. The third kappa shape index (κ3) is 2.59. The lowest BCUT2D eigenvalue weighted by atomic mass is 10.1. The van der Waals surface area contributed by atoms with Crippen molar-refractivity contribution >= 4 is 29.4 Å². The van der Waals surface area contributed by atoms with Crippen LogP contribution in [0.5, 0.6) is 0 Å². The highest BCUT2D eigenvalue weighted by Gasteiger charge is 2.44. The lowest BCUT2D eigenvalue weighted by Gasteiger charge is -2.20. The Morgan fingerprint density at radius 1 is 0.741 bits per heavy atom. The van der Waals surface area contributed by atoms with Gasteiger partial charge in [-0.2, -0.15) is 0 Å². The quantitative estimate of drug-likeness (QED) is 0.616. The number of benzene rings is 2. The monoisotopic (exact) mass is 363 g/mol. The molecular weight excluding hydrogens is 346 g/mol. The molecule has 2 aliphatic heterocycles. The highest BCUT2D eigenvalue weighted by atomic mass is 16.2. The molecule has 0 aromatic heterocycles. The molecule has 1 saturated heterocycles. The molecule has 5 amide bonds. The van der Waals surface area contributed by atoms with E-state index >= 15 is 0 Å². The standard InChI is InChI=1S/C20H17N3O4/c1-13-17(24)22(20(27)23(13)14-7-3-2-4-8-14)12-11-21-18(25)15-9-5-6-10-16(15)19(21)26/h2-10,13H,11-12H2,1H3. The van der Waals surface area contributed by atoms with E-state index in [2.05, 4.69) is 0 Å². The van der Waals surface area contributed by atoms with Crippen LogP contribution in [0.4, 0.5) is 10.5 Å². The molecule has 1 atom stereocenters. The van der Waals surface area contributed by atoms with Gasteiger partial charge in [0.05, 0.1) is 11.1 Å². The lowest BCUT2D eigenvalue weighted by molar-refractivity contribution is -0.127. The summed E-state index contributed by atoms with van der Waals surface area (Å²) in [5.74, 6) is -1.15. The van der Waals surface area contributed by atoms with E-state index in [1.165, 1.54) is 4.90 Å². The number of anilines is 1. The van der Waals surface area contributed by atoms with Gasteiger partial charge in [-0.3, -0.25) is 29.1 Å². The van der Waals surface area contributed by atoms with Crippen LogP contribution in [0.2, 0.25) is 0 Å². The van der Waals surface area contributed by atoms with Crippen molar-refractivity contribution in [2.45, 2.75) is 13.0 Å². The van der Waals surface area contributed by atoms with Crippen molar-refractivity contribution in [2.24, 2.45) is 0 Å². The summed E-state index contributed by atoms with van der Waals surface area (Å²) in [6.07, 6.45) is 0. The Morgan fingerprint density at radius 2 is 1.26 bits per heavy atom. The van der Waals surface area contributed by atoms with Crippen molar-refractivity contribution in [3.8, 4) is 0 Å². The van der Waals surface area contributed by atoms with E-state index in [1.807, 2.05) is 6.07 Å². The smallest absolute Gasteiger partial charge is 0.282 e. The Labute approximate surface area is 155 Å². The maximum atomic E-state index is 12.8. The molecule has 0 N–H and O–H groups in total. The van der Waals surface area contributed by atoms with Gasteiger partial charge in [0.1, 0.15) is 6.04 Å². The molecule has 27 heavy (non-hydrogen) atoms. The molecule has 4 rings (SSSR count). The Hall–Kier alpha value is -3.48. The number of carbonyl (C=O) groups excluding carboxylic acids is 4. The van der Waals surface area contributed by atoms with Gasteiger partial charge in [-0.25, -0.2) is 4.79 Å². The van der Waals surface area contributed by atoms with Gasteiger partial charge in [0.15, 0.2) is 0 Å². The fourth-order valence-electron chi connectivity index (χ4n) is 3.50. The van der Waals surface area contributed by atoms with Gasteiger partial charge in [-0.15, -0.1) is 0 Å². The summed E-state index contributed by atoms with van der Waals surface area (Å²) < 4.78 is 0. The first-order valence-corrected chi connectivity index (χ1v) is 8.65. The second-order valence-electron chi connectivity index (χ2n) is 6.46. The number of carbonyl (C=O) groups is 4. The zero-order valence-electron chi connectivity index (χ0n) is 14.7. The van der Waals surface area contributed by atoms with Gasteiger partial charge in [-0.05, 0) is 31.2 Å². The topological polar surface area (TPSA) is 78.0 Å². The van der Waals surface area contributed by atoms with E-state index < -0.39 is 23.9 Å². The zero-order valence-corrected chi connectivity index (χ0v) is 14.7. The normalized spacial score (nSPS) is 19.3. The lowest BCUT2D eigenvalue weighted by Crippen LogP contribution is -2.41. The van der Waals surface area contributed by atoms with Gasteiger partial charge in [0.2, 0.25) is 0 Å². The number of urea groups is 1. The third-order valence-corrected chi connectivity index (χ3v) is 4.91. The SMILES string of the molecule is CC1C(=O)N(CCN2C(=O)c3ccccc3C2=O)C(=O)N1c1ccccc1. The molecule has 1 fully saturated rings. The zero-order chi connectivity index (χ0) is 19.1. The second-order valence-corrected chi connectivity index (χ2v) is 6.46. The van der Waals surface area contributed by atoms with Crippen molar-refractivity contribution < 1.29 is 19.2 Å². The van der Waals surface area contributed by atoms with E-state index in [9.17, 15) is 19.2 Å². The number of amides is 5. The molecule has 2 aliphatic rings. The van der Waals surface area contributed by atoms with Crippen LogP contribution in [0.1, 0.15) is 27.6 Å². The molecule has 2 aromatic rings. The maximum Gasteiger partial charge on any atom is 0.332 e. The first kappa shape index (κ1) is 17.0. The van der Waals surface area contributed by atoms with Crippen LogP contribution < -0.4 is 4.90 Å². The molecule has 0 saturated carbocycles. The first-order valence-electron chi connectivity index (χ1n) is 8.65. The summed E-state index contributed by atoms with van der Waals surface area (Å²) >= 11 is 0. The fourth-order valence-corrected chi connectivity index (χ4v) is 3.50. The molecule has 136 valence electrons. The van der Waals surface area contributed by atoms with Gasteiger partial charge in [-0.1, -0.05) is 30.3 Å². The second kappa shape index (κ2) is 6.35. The Kier molecular flexibility index (Phi) is 3.99. The number of fused-ring (bicyclic) bond motifs is 1. The molecule has 0 radical (unpaired) electrons. The summed E-state index contributed by atoms with van der Waals surface area (Å²) in [6.45, 7) is 1.60. The highest BCUT2D eigenvalue weighted by molar-refractivity contribution is 6.21. The molecule has 7 nitrogen and oxygen atoms in total. The van der Waals surface area contributed by atoms with Crippen molar-refractivity contribution in [1.29, 1.82) is 0 Å². The van der Waals surface area contributed by atoms with Crippen LogP contribution in [-0.4, -0.2) is 52.7 Å². The summed E-state index contributed by atoms with van der Waals surface area (Å²) in [7, 11) is 0. The average Bonchev–Trinajstić information content (AvgIpc) is 3.06. The van der Waals surface area contributed by atoms with E-state index in [1.54, 1.807) is 55.5 Å². The van der Waals surface area contributed by atoms with Crippen molar-refractivity contribution in [3.63, 3.8) is 0 Å². The summed E-state index contributed by atoms with van der Waals surface area (Å²) in [4.78, 5) is 53.8. The van der Waals surface area contributed by atoms with Gasteiger partial charge < -0.3 is 0 Å². The Balaban J connectivity index is 1.51. The van der Waals surface area contributed by atoms with Crippen molar-refractivity contribution in [3.05, 3.63) is 65.7 Å². The molecule has 7 heteroatoms. The van der Waals surface area contributed by atoms with Crippen LogP contribution in [0, 0.1) is 0 Å². The first-order chi connectivity index (χ1) is 13.0. The minimum atomic E-state index is -0.637. The largest absolute Gasteiger partial charge is 0.332 e. The minimum absolute atomic E-state index is 0.0286. The predicted molar refractivity (Wildman–Crippen MR) is 97.3 cm³/mol. The van der Waals surface area contributed by atoms with Crippen LogP contribution in [0.25, 0.3) is 0 Å². The molecule has 2 aromatic carbocycles. The van der Waals surface area contributed by atoms with Crippen molar-refractivity contribution in [1.82, 2.24) is 9.80 Å². The van der Waals surface area contributed by atoms with Crippen LogP contribution in [0.3, 0.4) is 0 Å². The number of para-hydroxylation sites is 1. The molecule has 0 aliphatic carbocycles. The third-order valence-electron chi connectivity index (χ3n) is 4.91. The molecule has 0 spiro atoms. The molecule has 1 unspecified atom stereocenters. The van der Waals surface area contributed by atoms with E-state index in [0.717, 1.165) is 9.80 Å². The van der Waals surface area contributed by atoms with Crippen LogP contribution in [0.15, 0.2) is 54.6 Å². The molecular formula is C20H17N3O4. The van der Waals surface area contributed by atoms with Gasteiger partial charge in [0.25, 0.3) is 17.7 Å². The van der Waals surface area contributed by atoms with Gasteiger partial charge in [0, 0.05) is 18.8 Å². The highest BCUT2D eigenvalue weighted by Crippen LogP contribution is 2.26. The Bertz CT molecular complexity index is 922. The Morgan fingerprint density at radius 3 is 1.85 bits per heavy atom. The van der Waals surface area contributed by atoms with E-state index in [-0.39, 0.29) is 19.0 Å². The predicted octanol–water partition coefficient (Wildman–Crippen LogP) is 2.14. The minimum Gasteiger partial charge on any atom is -0.282 e. The number of hydrogen-bond donors (Lipinski definition) is 0. The fraction of sp³-hybridized carbons (Fsp3) is 0.200. The van der Waals surface area contributed by atoms with Crippen LogP contribution in [-0.2, 0) is 4.79 Å². The van der Waals surface area contributed by atoms with Crippen LogP contribution >= 0.6 is 0 Å². The average molecular weight is 363 g/mol. The summed E-state index contributed by atoms with van der Waals surface area (Å²) in [5, 5.41) is 0. The molecule has 2 heterocycles. The van der Waals surface area contributed by atoms with Gasteiger partial charge >= 0.3 is 6.03 Å².